The molecular formula is C23H19N3O3. The topological polar surface area (TPSA) is 105 Å². The van der Waals surface area contributed by atoms with Crippen LogP contribution < -0.4 is 15.8 Å². The van der Waals surface area contributed by atoms with Crippen molar-refractivity contribution in [3.05, 3.63) is 82.9 Å². The van der Waals surface area contributed by atoms with Gasteiger partial charge >= 0.3 is 6.03 Å². The summed E-state index contributed by atoms with van der Waals surface area (Å²) in [5.74, 6) is -0.346. The molecule has 0 bridgehead atoms. The van der Waals surface area contributed by atoms with Crippen LogP contribution in [0.2, 0.25) is 0 Å². The molecule has 0 saturated carbocycles. The summed E-state index contributed by atoms with van der Waals surface area (Å²) in [6.45, 7) is 2.34. The molecule has 0 aliphatic heterocycles. The number of carbonyl (C=O) groups excluding carboxylic acids is 2. The predicted octanol–water partition coefficient (Wildman–Crippen LogP) is 3.83. The molecule has 0 saturated heterocycles. The number of nitrogens with two attached hydrogens (primary N) is 1. The minimum Gasteiger partial charge on any atom is -0.488 e. The Morgan fingerprint density at radius 3 is 2.52 bits per heavy atom. The highest BCUT2D eigenvalue weighted by molar-refractivity contribution is 6.10. The number of nitrogens with zero attached hydrogens (tertiary/aromatic N) is 1. The van der Waals surface area contributed by atoms with Crippen LogP contribution >= 0.6 is 0 Å². The van der Waals surface area contributed by atoms with Gasteiger partial charge in [0.15, 0.2) is 0 Å². The van der Waals surface area contributed by atoms with E-state index in [2.05, 4.69) is 0 Å². The molecular weight excluding hydrogens is 366 g/mol. The van der Waals surface area contributed by atoms with Gasteiger partial charge in [0.1, 0.15) is 24.0 Å². The summed E-state index contributed by atoms with van der Waals surface area (Å²) < 4.78 is 6.00. The highest BCUT2D eigenvalue weighted by Gasteiger charge is 2.14. The maximum atomic E-state index is 12.1. The third kappa shape index (κ3) is 4.79. The molecule has 0 spiro atoms. The molecule has 3 N–H and O–H groups in total. The molecule has 3 amide bonds. The van der Waals surface area contributed by atoms with Crippen molar-refractivity contribution in [2.24, 2.45) is 5.73 Å². The highest BCUT2D eigenvalue weighted by Crippen LogP contribution is 2.31. The van der Waals surface area contributed by atoms with Gasteiger partial charge in [-0.15, -0.1) is 0 Å². The molecule has 6 nitrogen and oxygen atoms in total. The first-order chi connectivity index (χ1) is 14.0. The number of aryl methyl sites for hydroxylation is 1. The Balaban J connectivity index is 2.02. The summed E-state index contributed by atoms with van der Waals surface area (Å²) in [6.07, 6.45) is 1.41. The normalized spacial score (nSPS) is 11.0. The first-order valence-electron chi connectivity index (χ1n) is 8.90. The van der Waals surface area contributed by atoms with Gasteiger partial charge in [0, 0.05) is 5.56 Å². The molecule has 29 heavy (non-hydrogen) atoms. The van der Waals surface area contributed by atoms with Crippen molar-refractivity contribution >= 4 is 28.8 Å². The molecule has 0 aliphatic carbocycles. The van der Waals surface area contributed by atoms with Gasteiger partial charge in [0.25, 0.3) is 5.91 Å². The Labute approximate surface area is 168 Å². The number of carbonyl (C=O) groups is 2. The molecule has 0 radical (unpaired) electrons. The zero-order valence-corrected chi connectivity index (χ0v) is 15.8. The van der Waals surface area contributed by atoms with Crippen molar-refractivity contribution < 1.29 is 14.3 Å². The summed E-state index contributed by atoms with van der Waals surface area (Å²) in [6, 6.07) is 20.0. The van der Waals surface area contributed by atoms with Gasteiger partial charge in [-0.3, -0.25) is 10.1 Å². The van der Waals surface area contributed by atoms with E-state index in [4.69, 9.17) is 10.5 Å². The number of hydrogen-bond acceptors (Lipinski definition) is 4. The van der Waals surface area contributed by atoms with Crippen LogP contribution in [0.3, 0.4) is 0 Å². The molecule has 0 fully saturated rings. The number of rotatable bonds is 5. The second-order valence-electron chi connectivity index (χ2n) is 6.46. The second kappa shape index (κ2) is 8.72. The average molecular weight is 385 g/mol. The van der Waals surface area contributed by atoms with E-state index in [1.165, 1.54) is 6.08 Å². The lowest BCUT2D eigenvalue weighted by Crippen LogP contribution is -2.35. The Morgan fingerprint density at radius 1 is 1.10 bits per heavy atom. The number of benzene rings is 3. The van der Waals surface area contributed by atoms with Gasteiger partial charge in [-0.05, 0) is 35.4 Å². The fraction of sp³-hybridized carbons (Fsp3) is 0.0870. The molecule has 0 atom stereocenters. The molecule has 3 aromatic carbocycles. The quantitative estimate of drug-likeness (QED) is 0.514. The number of fused-ring (bicyclic) bond motifs is 1. The lowest BCUT2D eigenvalue weighted by Gasteiger charge is -2.13. The van der Waals surface area contributed by atoms with Gasteiger partial charge in [0.05, 0.1) is 0 Å². The van der Waals surface area contributed by atoms with Gasteiger partial charge in [-0.2, -0.15) is 5.26 Å². The Bertz CT molecular complexity index is 1140. The third-order valence-electron chi connectivity index (χ3n) is 4.34. The van der Waals surface area contributed by atoms with Crippen LogP contribution in [-0.4, -0.2) is 11.9 Å². The summed E-state index contributed by atoms with van der Waals surface area (Å²) in [5, 5.41) is 13.0. The molecule has 144 valence electrons. The lowest BCUT2D eigenvalue weighted by atomic mass is 10.0. The van der Waals surface area contributed by atoms with E-state index in [1.807, 2.05) is 72.9 Å². The summed E-state index contributed by atoms with van der Waals surface area (Å²) >= 11 is 0. The SMILES string of the molecule is Cc1ccc(COc2ccc3ccccc3c2/C=C(/C#N)C(=O)NC(N)=O)cc1. The number of imide groups is 1. The van der Waals surface area contributed by atoms with Crippen molar-refractivity contribution in [2.75, 3.05) is 0 Å². The number of urea groups is 1. The van der Waals surface area contributed by atoms with Crippen LogP contribution in [0.25, 0.3) is 16.8 Å². The maximum absolute atomic E-state index is 12.1. The molecule has 6 heteroatoms. The number of nitrogens with one attached hydrogen (secondary N) is 1. The van der Waals surface area contributed by atoms with Gasteiger partial charge in [-0.25, -0.2) is 4.79 Å². The predicted molar refractivity (Wildman–Crippen MR) is 111 cm³/mol. The van der Waals surface area contributed by atoms with Crippen LogP contribution in [0, 0.1) is 18.3 Å². The van der Waals surface area contributed by atoms with Crippen molar-refractivity contribution in [1.29, 1.82) is 5.26 Å². The van der Waals surface area contributed by atoms with Crippen molar-refractivity contribution in [1.82, 2.24) is 5.32 Å². The third-order valence-corrected chi connectivity index (χ3v) is 4.34. The van der Waals surface area contributed by atoms with Gasteiger partial charge in [-0.1, -0.05) is 60.2 Å². The molecule has 3 aromatic rings. The summed E-state index contributed by atoms with van der Waals surface area (Å²) in [7, 11) is 0. The standard InChI is InChI=1S/C23H19N3O3/c1-15-6-8-16(9-7-15)14-29-21-11-10-17-4-2-3-5-19(17)20(21)12-18(13-24)22(27)26-23(25)28/h2-12H,14H2,1H3,(H3,25,26,27,28)/b18-12-. The highest BCUT2D eigenvalue weighted by atomic mass is 16.5. The van der Waals surface area contributed by atoms with Crippen LogP contribution in [0.5, 0.6) is 5.75 Å². The Morgan fingerprint density at radius 2 is 1.83 bits per heavy atom. The van der Waals surface area contributed by atoms with Crippen molar-refractivity contribution in [3.63, 3.8) is 0 Å². The largest absolute Gasteiger partial charge is 0.488 e. The zero-order chi connectivity index (χ0) is 20.8. The molecule has 0 heterocycles. The van der Waals surface area contributed by atoms with E-state index >= 15 is 0 Å². The molecule has 3 rings (SSSR count). The first kappa shape index (κ1) is 19.6. The molecule has 0 unspecified atom stereocenters. The minimum atomic E-state index is -1.02. The first-order valence-corrected chi connectivity index (χ1v) is 8.90. The monoisotopic (exact) mass is 385 g/mol. The van der Waals surface area contributed by atoms with Crippen LogP contribution in [-0.2, 0) is 11.4 Å². The van der Waals surface area contributed by atoms with Crippen LogP contribution in [0.4, 0.5) is 4.79 Å². The Kier molecular flexibility index (Phi) is 5.91. The van der Waals surface area contributed by atoms with Crippen molar-refractivity contribution in [2.45, 2.75) is 13.5 Å². The minimum absolute atomic E-state index is 0.250. The lowest BCUT2D eigenvalue weighted by molar-refractivity contribution is -0.115. The summed E-state index contributed by atoms with van der Waals surface area (Å²) in [5.41, 5.74) is 7.46. The van der Waals surface area contributed by atoms with Crippen molar-refractivity contribution in [3.8, 4) is 11.8 Å². The van der Waals surface area contributed by atoms with Crippen LogP contribution in [0.15, 0.2) is 66.2 Å². The number of hydrogen-bond donors (Lipinski definition) is 2. The van der Waals surface area contributed by atoms with E-state index in [1.54, 1.807) is 6.07 Å². The molecule has 0 aromatic heterocycles. The number of nitriles is 1. The van der Waals surface area contributed by atoms with E-state index in [0.717, 1.165) is 21.9 Å². The van der Waals surface area contributed by atoms with Crippen LogP contribution in [0.1, 0.15) is 16.7 Å². The summed E-state index contributed by atoms with van der Waals surface area (Å²) in [4.78, 5) is 23.1. The fourth-order valence-electron chi connectivity index (χ4n) is 2.87. The molecule has 0 aliphatic rings. The average Bonchev–Trinajstić information content (AvgIpc) is 2.71. The number of amides is 3. The van der Waals surface area contributed by atoms with E-state index in [9.17, 15) is 14.9 Å². The smallest absolute Gasteiger partial charge is 0.319 e. The number of ether oxygens (including phenoxy) is 1. The maximum Gasteiger partial charge on any atom is 0.319 e. The van der Waals surface area contributed by atoms with E-state index in [-0.39, 0.29) is 5.57 Å². The van der Waals surface area contributed by atoms with E-state index in [0.29, 0.717) is 17.9 Å². The number of primary amides is 1. The second-order valence-corrected chi connectivity index (χ2v) is 6.46. The van der Waals surface area contributed by atoms with Gasteiger partial charge in [0.2, 0.25) is 0 Å². The van der Waals surface area contributed by atoms with Gasteiger partial charge < -0.3 is 10.5 Å². The Hall–Kier alpha value is -4.11. The fourth-order valence-corrected chi connectivity index (χ4v) is 2.87. The van der Waals surface area contributed by atoms with E-state index < -0.39 is 11.9 Å². The zero-order valence-electron chi connectivity index (χ0n) is 15.8.